The van der Waals surface area contributed by atoms with Gasteiger partial charge in [-0.15, -0.1) is 11.6 Å². The van der Waals surface area contributed by atoms with Crippen molar-refractivity contribution in [1.82, 2.24) is 14.5 Å². The van der Waals surface area contributed by atoms with Gasteiger partial charge in [0.25, 0.3) is 10.0 Å². The van der Waals surface area contributed by atoms with Crippen molar-refractivity contribution in [3.63, 3.8) is 0 Å². The highest BCUT2D eigenvalue weighted by Gasteiger charge is 2.30. The van der Waals surface area contributed by atoms with Crippen LogP contribution in [0.1, 0.15) is 25.1 Å². The molecule has 116 valence electrons. The fourth-order valence-electron chi connectivity index (χ4n) is 1.83. The SMILES string of the molecule is COCCN(CC(C)C)S(=O)(=O)c1n[nH]c(C)c1CCl. The molecule has 0 aliphatic heterocycles. The predicted octanol–water partition coefficient (Wildman–Crippen LogP) is 1.75. The highest BCUT2D eigenvalue weighted by molar-refractivity contribution is 7.89. The first kappa shape index (κ1) is 17.4. The van der Waals surface area contributed by atoms with Gasteiger partial charge >= 0.3 is 0 Å². The number of rotatable bonds is 8. The number of alkyl halides is 1. The van der Waals surface area contributed by atoms with E-state index in [9.17, 15) is 8.42 Å². The van der Waals surface area contributed by atoms with Crippen molar-refractivity contribution >= 4 is 21.6 Å². The van der Waals surface area contributed by atoms with Crippen LogP contribution in [0.2, 0.25) is 0 Å². The van der Waals surface area contributed by atoms with Gasteiger partial charge in [-0.2, -0.15) is 9.40 Å². The number of H-pyrrole nitrogens is 1. The number of nitrogens with zero attached hydrogens (tertiary/aromatic N) is 2. The standard InChI is InChI=1S/C12H22ClN3O3S/c1-9(2)8-16(5-6-19-4)20(17,18)12-11(7-13)10(3)14-15-12/h9H,5-8H2,1-4H3,(H,14,15). The molecule has 1 aromatic rings. The average molecular weight is 324 g/mol. The lowest BCUT2D eigenvalue weighted by atomic mass is 10.2. The molecule has 1 aromatic heterocycles. The first-order valence-electron chi connectivity index (χ1n) is 6.43. The molecule has 0 aliphatic rings. The summed E-state index contributed by atoms with van der Waals surface area (Å²) in [5.74, 6) is 0.317. The summed E-state index contributed by atoms with van der Waals surface area (Å²) < 4.78 is 31.8. The molecule has 1 heterocycles. The number of ether oxygens (including phenoxy) is 1. The quantitative estimate of drug-likeness (QED) is 0.739. The topological polar surface area (TPSA) is 75.3 Å². The van der Waals surface area contributed by atoms with Crippen molar-refractivity contribution in [2.45, 2.75) is 31.7 Å². The van der Waals surface area contributed by atoms with E-state index in [0.717, 1.165) is 0 Å². The highest BCUT2D eigenvalue weighted by atomic mass is 35.5. The zero-order valence-corrected chi connectivity index (χ0v) is 13.9. The molecule has 8 heteroatoms. The van der Waals surface area contributed by atoms with E-state index in [0.29, 0.717) is 31.0 Å². The number of aromatic nitrogens is 2. The second kappa shape index (κ2) is 7.40. The third kappa shape index (κ3) is 3.94. The van der Waals surface area contributed by atoms with Gasteiger partial charge < -0.3 is 4.74 Å². The molecule has 0 unspecified atom stereocenters. The van der Waals surface area contributed by atoms with E-state index in [4.69, 9.17) is 16.3 Å². The molecule has 0 saturated carbocycles. The molecule has 1 N–H and O–H groups in total. The molecule has 0 radical (unpaired) electrons. The largest absolute Gasteiger partial charge is 0.383 e. The number of nitrogens with one attached hydrogen (secondary N) is 1. The molecule has 0 spiro atoms. The summed E-state index contributed by atoms with van der Waals surface area (Å²) in [6.07, 6.45) is 0. The molecule has 20 heavy (non-hydrogen) atoms. The maximum absolute atomic E-state index is 12.7. The predicted molar refractivity (Wildman–Crippen MR) is 78.4 cm³/mol. The first-order chi connectivity index (χ1) is 9.34. The minimum absolute atomic E-state index is 0.0155. The van der Waals surface area contributed by atoms with E-state index in [1.165, 1.54) is 4.31 Å². The summed E-state index contributed by atoms with van der Waals surface area (Å²) in [6, 6.07) is 0. The smallest absolute Gasteiger partial charge is 0.262 e. The van der Waals surface area contributed by atoms with Gasteiger partial charge in [-0.3, -0.25) is 5.10 Å². The summed E-state index contributed by atoms with van der Waals surface area (Å²) in [7, 11) is -2.12. The number of sulfonamides is 1. The van der Waals surface area contributed by atoms with Gasteiger partial charge in [0.15, 0.2) is 5.03 Å². The van der Waals surface area contributed by atoms with E-state index in [-0.39, 0.29) is 16.8 Å². The monoisotopic (exact) mass is 323 g/mol. The first-order valence-corrected chi connectivity index (χ1v) is 8.40. The van der Waals surface area contributed by atoms with Gasteiger partial charge in [-0.25, -0.2) is 8.42 Å². The van der Waals surface area contributed by atoms with Crippen LogP contribution in [0, 0.1) is 12.8 Å². The Morgan fingerprint density at radius 2 is 2.10 bits per heavy atom. The normalized spacial score (nSPS) is 12.6. The summed E-state index contributed by atoms with van der Waals surface area (Å²) >= 11 is 5.83. The molecule has 0 aromatic carbocycles. The van der Waals surface area contributed by atoms with Crippen LogP contribution in [-0.2, 0) is 20.6 Å². The number of aromatic amines is 1. The third-order valence-corrected chi connectivity index (χ3v) is 4.97. The minimum Gasteiger partial charge on any atom is -0.383 e. The van der Waals surface area contributed by atoms with E-state index in [1.54, 1.807) is 14.0 Å². The second-order valence-electron chi connectivity index (χ2n) is 5.02. The van der Waals surface area contributed by atoms with E-state index >= 15 is 0 Å². The molecule has 6 nitrogen and oxygen atoms in total. The fraction of sp³-hybridized carbons (Fsp3) is 0.750. The van der Waals surface area contributed by atoms with Crippen LogP contribution < -0.4 is 0 Å². The zero-order valence-electron chi connectivity index (χ0n) is 12.3. The van der Waals surface area contributed by atoms with Crippen molar-refractivity contribution in [3.05, 3.63) is 11.3 Å². The lowest BCUT2D eigenvalue weighted by Gasteiger charge is -2.23. The third-order valence-electron chi connectivity index (χ3n) is 2.87. The molecule has 0 saturated heterocycles. The summed E-state index contributed by atoms with van der Waals surface area (Å²) in [5, 5.41) is 6.62. The van der Waals surface area contributed by atoms with Crippen molar-refractivity contribution in [1.29, 1.82) is 0 Å². The maximum atomic E-state index is 12.7. The summed E-state index contributed by atoms with van der Waals surface area (Å²) in [6.45, 7) is 6.74. The number of methoxy groups -OCH3 is 1. The molecule has 0 aliphatic carbocycles. The highest BCUT2D eigenvalue weighted by Crippen LogP contribution is 2.22. The van der Waals surface area contributed by atoms with Gasteiger partial charge in [0.1, 0.15) is 0 Å². The Hall–Kier alpha value is -0.630. The Morgan fingerprint density at radius 1 is 1.45 bits per heavy atom. The van der Waals surface area contributed by atoms with Crippen LogP contribution in [0.25, 0.3) is 0 Å². The van der Waals surface area contributed by atoms with Crippen LogP contribution >= 0.6 is 11.6 Å². The van der Waals surface area contributed by atoms with Gasteiger partial charge in [0.2, 0.25) is 0 Å². The van der Waals surface area contributed by atoms with E-state index in [2.05, 4.69) is 10.2 Å². The molecule has 0 fully saturated rings. The zero-order chi connectivity index (χ0) is 15.3. The lowest BCUT2D eigenvalue weighted by molar-refractivity contribution is 0.175. The van der Waals surface area contributed by atoms with Gasteiger partial charge in [0.05, 0.1) is 12.5 Å². The van der Waals surface area contributed by atoms with Crippen molar-refractivity contribution in [2.24, 2.45) is 5.92 Å². The number of aryl methyl sites for hydroxylation is 1. The average Bonchev–Trinajstić information content (AvgIpc) is 2.75. The Morgan fingerprint density at radius 3 is 2.60 bits per heavy atom. The van der Waals surface area contributed by atoms with Crippen molar-refractivity contribution in [3.8, 4) is 0 Å². The molecule has 0 bridgehead atoms. The Balaban J connectivity index is 3.14. The Kier molecular flexibility index (Phi) is 6.44. The minimum atomic E-state index is -3.66. The molecule has 1 rings (SSSR count). The van der Waals surface area contributed by atoms with Gasteiger partial charge in [-0.1, -0.05) is 13.8 Å². The maximum Gasteiger partial charge on any atom is 0.262 e. The number of halogens is 1. The van der Waals surface area contributed by atoms with Crippen LogP contribution in [0.5, 0.6) is 0 Å². The number of hydrogen-bond acceptors (Lipinski definition) is 4. The molecule has 0 atom stereocenters. The van der Waals surface area contributed by atoms with Crippen molar-refractivity contribution < 1.29 is 13.2 Å². The second-order valence-corrected chi connectivity index (χ2v) is 7.14. The van der Waals surface area contributed by atoms with Gasteiger partial charge in [-0.05, 0) is 12.8 Å². The lowest BCUT2D eigenvalue weighted by Crippen LogP contribution is -2.37. The van der Waals surface area contributed by atoms with Crippen LogP contribution in [0.15, 0.2) is 5.03 Å². The van der Waals surface area contributed by atoms with Crippen LogP contribution in [0.3, 0.4) is 0 Å². The Labute approximate surface area is 125 Å². The summed E-state index contributed by atoms with van der Waals surface area (Å²) in [4.78, 5) is 0. The van der Waals surface area contributed by atoms with Crippen molar-refractivity contribution in [2.75, 3.05) is 26.8 Å². The Bertz CT molecular complexity index is 528. The van der Waals surface area contributed by atoms with E-state index in [1.807, 2.05) is 13.8 Å². The van der Waals surface area contributed by atoms with Gasteiger partial charge in [0, 0.05) is 31.5 Å². The van der Waals surface area contributed by atoms with E-state index < -0.39 is 10.0 Å². The van der Waals surface area contributed by atoms with Crippen LogP contribution in [-0.4, -0.2) is 49.7 Å². The molecular weight excluding hydrogens is 302 g/mol. The van der Waals surface area contributed by atoms with Crippen LogP contribution in [0.4, 0.5) is 0 Å². The fourth-order valence-corrected chi connectivity index (χ4v) is 3.99. The number of hydrogen-bond donors (Lipinski definition) is 1. The molecule has 0 amide bonds. The molecular formula is C12H22ClN3O3S. The summed E-state index contributed by atoms with van der Waals surface area (Å²) in [5.41, 5.74) is 1.20.